The van der Waals surface area contributed by atoms with E-state index in [2.05, 4.69) is 16.8 Å². The number of fused-ring (bicyclic) bond motifs is 1. The predicted octanol–water partition coefficient (Wildman–Crippen LogP) is 4.86. The number of nitrogens with zero attached hydrogens (tertiary/aromatic N) is 4. The molecule has 3 aliphatic heterocycles. The highest BCUT2D eigenvalue weighted by molar-refractivity contribution is 7.93. The number of methoxy groups -OCH3 is 2. The summed E-state index contributed by atoms with van der Waals surface area (Å²) >= 11 is 0. The first-order valence-corrected chi connectivity index (χ1v) is 17.9. The standard InChI is InChI=1S/C36H44N4O7S.2ClH/c1-26-9-5-8-12-33(26)48(43,44)40-32-14-13-29(46-4)25-31(32)36(34(40)41,30-11-7-6-10-27(30)17-24-45-3)47-35(42)39-22-20-38(21-23-39)28-15-18-37(2)19-16-28;;/h5-14,25,28H,15-24H2,1-4H3;2*1H. The Bertz CT molecular complexity index is 1780. The molecule has 0 saturated carbocycles. The molecule has 2 amide bonds. The Hall–Kier alpha value is -3.39. The molecule has 0 aliphatic carbocycles. The SMILES string of the molecule is COCCc1ccccc1C1(OC(=O)N2CCN(C3CCN(C)CC3)CC2)C(=O)N(S(=O)(=O)c2ccccc2C)c2ccc(OC)cc21.Cl.Cl. The molecule has 3 aromatic rings. The topological polar surface area (TPSA) is 109 Å². The zero-order valence-corrected chi connectivity index (χ0v) is 31.3. The van der Waals surface area contributed by atoms with Crippen LogP contribution < -0.4 is 9.04 Å². The third-order valence-electron chi connectivity index (χ3n) is 9.89. The third-order valence-corrected chi connectivity index (χ3v) is 11.7. The number of sulfonamides is 1. The van der Waals surface area contributed by atoms with E-state index in [4.69, 9.17) is 14.2 Å². The number of likely N-dealkylation sites (tertiary alicyclic amines) is 1. The molecule has 1 atom stereocenters. The number of rotatable bonds is 9. The molecule has 3 heterocycles. The number of piperazine rings is 1. The van der Waals surface area contributed by atoms with Crippen molar-refractivity contribution in [1.29, 1.82) is 0 Å². The summed E-state index contributed by atoms with van der Waals surface area (Å²) in [6, 6.07) is 18.9. The third kappa shape index (κ3) is 7.19. The monoisotopic (exact) mass is 748 g/mol. The number of halogens is 2. The van der Waals surface area contributed by atoms with E-state index in [1.54, 1.807) is 61.4 Å². The fourth-order valence-electron chi connectivity index (χ4n) is 7.18. The first-order valence-electron chi connectivity index (χ1n) is 16.4. The largest absolute Gasteiger partial charge is 0.497 e. The Balaban J connectivity index is 0.00000281. The molecule has 6 rings (SSSR count). The average molecular weight is 750 g/mol. The van der Waals surface area contributed by atoms with E-state index in [1.165, 1.54) is 19.2 Å². The first-order chi connectivity index (χ1) is 23.1. The van der Waals surface area contributed by atoms with E-state index >= 15 is 4.79 Å². The van der Waals surface area contributed by atoms with Crippen LogP contribution in [0.25, 0.3) is 0 Å². The Morgan fingerprint density at radius 2 is 1.54 bits per heavy atom. The summed E-state index contributed by atoms with van der Waals surface area (Å²) in [4.78, 5) is 35.8. The Labute approximate surface area is 307 Å². The molecule has 0 aromatic heterocycles. The van der Waals surface area contributed by atoms with Crippen LogP contribution in [0.4, 0.5) is 10.5 Å². The van der Waals surface area contributed by atoms with Gasteiger partial charge in [0.2, 0.25) is 5.60 Å². The van der Waals surface area contributed by atoms with Crippen LogP contribution in [0.5, 0.6) is 5.75 Å². The Morgan fingerprint density at radius 1 is 0.880 bits per heavy atom. The van der Waals surface area contributed by atoms with Gasteiger partial charge in [0.05, 0.1) is 24.3 Å². The number of hydrogen-bond acceptors (Lipinski definition) is 9. The zero-order valence-electron chi connectivity index (χ0n) is 28.9. The van der Waals surface area contributed by atoms with E-state index < -0.39 is 27.6 Å². The van der Waals surface area contributed by atoms with Gasteiger partial charge >= 0.3 is 6.09 Å². The van der Waals surface area contributed by atoms with Gasteiger partial charge in [0, 0.05) is 50.5 Å². The van der Waals surface area contributed by atoms with Crippen molar-refractivity contribution < 1.29 is 32.2 Å². The van der Waals surface area contributed by atoms with Crippen molar-refractivity contribution in [2.75, 3.05) is 71.4 Å². The van der Waals surface area contributed by atoms with E-state index in [0.29, 0.717) is 67.7 Å². The van der Waals surface area contributed by atoms with Gasteiger partial charge < -0.3 is 24.0 Å². The van der Waals surface area contributed by atoms with Crippen LogP contribution >= 0.6 is 24.8 Å². The minimum Gasteiger partial charge on any atom is -0.497 e. The van der Waals surface area contributed by atoms with Gasteiger partial charge in [-0.25, -0.2) is 13.2 Å². The normalized spacial score (nSPS) is 20.1. The Morgan fingerprint density at radius 3 is 2.20 bits per heavy atom. The molecule has 3 aromatic carbocycles. The summed E-state index contributed by atoms with van der Waals surface area (Å²) in [5.74, 6) is -0.504. The van der Waals surface area contributed by atoms with Crippen molar-refractivity contribution in [1.82, 2.24) is 14.7 Å². The summed E-state index contributed by atoms with van der Waals surface area (Å²) in [5, 5.41) is 0. The number of hydrogen-bond donors (Lipinski definition) is 0. The van der Waals surface area contributed by atoms with E-state index in [-0.39, 0.29) is 41.0 Å². The molecule has 2 saturated heterocycles. The van der Waals surface area contributed by atoms with Crippen LogP contribution in [0.3, 0.4) is 0 Å². The van der Waals surface area contributed by atoms with Crippen molar-refractivity contribution in [2.45, 2.75) is 42.7 Å². The smallest absolute Gasteiger partial charge is 0.411 e. The highest BCUT2D eigenvalue weighted by Crippen LogP contribution is 2.51. The summed E-state index contributed by atoms with van der Waals surface area (Å²) < 4.78 is 47.1. The highest BCUT2D eigenvalue weighted by atomic mass is 35.5. The molecule has 0 spiro atoms. The fraction of sp³-hybridized carbons (Fsp3) is 0.444. The summed E-state index contributed by atoms with van der Waals surface area (Å²) in [6.45, 7) is 6.34. The van der Waals surface area contributed by atoms with Crippen molar-refractivity contribution in [3.8, 4) is 5.75 Å². The molecule has 0 radical (unpaired) electrons. The molecule has 11 nitrogen and oxygen atoms in total. The van der Waals surface area contributed by atoms with E-state index in [1.807, 2.05) is 12.1 Å². The molecule has 3 aliphatic rings. The molecule has 272 valence electrons. The van der Waals surface area contributed by atoms with Crippen molar-refractivity contribution >= 4 is 52.5 Å². The van der Waals surface area contributed by atoms with Gasteiger partial charge in [-0.1, -0.05) is 42.5 Å². The van der Waals surface area contributed by atoms with Crippen LogP contribution in [0.1, 0.15) is 35.1 Å². The van der Waals surface area contributed by atoms with Gasteiger partial charge in [0.1, 0.15) is 5.75 Å². The van der Waals surface area contributed by atoms with E-state index in [9.17, 15) is 13.2 Å². The molecule has 14 heteroatoms. The maximum atomic E-state index is 15.1. The van der Waals surface area contributed by atoms with E-state index in [0.717, 1.165) is 30.2 Å². The quantitative estimate of drug-likeness (QED) is 0.303. The lowest BCUT2D eigenvalue weighted by molar-refractivity contribution is -0.132. The number of anilines is 1. The molecular weight excluding hydrogens is 703 g/mol. The van der Waals surface area contributed by atoms with Crippen molar-refractivity contribution in [3.63, 3.8) is 0 Å². The second kappa shape index (κ2) is 16.3. The lowest BCUT2D eigenvalue weighted by Crippen LogP contribution is -2.55. The predicted molar refractivity (Wildman–Crippen MR) is 196 cm³/mol. The first kappa shape index (κ1) is 39.4. The maximum absolute atomic E-state index is 15.1. The number of ether oxygens (including phenoxy) is 3. The minimum absolute atomic E-state index is 0. The van der Waals surface area contributed by atoms with Crippen LogP contribution in [0, 0.1) is 6.92 Å². The number of piperidine rings is 1. The molecule has 0 bridgehead atoms. The molecular formula is C36H46Cl2N4O7S. The fourth-order valence-corrected chi connectivity index (χ4v) is 8.87. The summed E-state index contributed by atoms with van der Waals surface area (Å²) in [5.41, 5.74) is -0.249. The lowest BCUT2D eigenvalue weighted by Gasteiger charge is -2.42. The van der Waals surface area contributed by atoms with Gasteiger partial charge in [-0.05, 0) is 81.7 Å². The van der Waals surface area contributed by atoms with Crippen LogP contribution in [-0.4, -0.2) is 108 Å². The van der Waals surface area contributed by atoms with Gasteiger partial charge in [-0.3, -0.25) is 9.69 Å². The van der Waals surface area contributed by atoms with Gasteiger partial charge in [-0.15, -0.1) is 24.8 Å². The van der Waals surface area contributed by atoms with Crippen LogP contribution in [0.15, 0.2) is 71.6 Å². The van der Waals surface area contributed by atoms with Gasteiger partial charge in [0.15, 0.2) is 0 Å². The van der Waals surface area contributed by atoms with Gasteiger partial charge in [0.25, 0.3) is 15.9 Å². The van der Waals surface area contributed by atoms with Crippen LogP contribution in [0.2, 0.25) is 0 Å². The zero-order chi connectivity index (χ0) is 34.1. The second-order valence-corrected chi connectivity index (χ2v) is 14.5. The molecule has 0 N–H and O–H groups in total. The Kier molecular flexibility index (Phi) is 12.8. The van der Waals surface area contributed by atoms with Crippen molar-refractivity contribution in [3.05, 3.63) is 89.0 Å². The number of amides is 2. The number of carbonyl (C=O) groups excluding carboxylic acids is 2. The summed E-state index contributed by atoms with van der Waals surface area (Å²) in [6.07, 6.45) is 1.89. The number of aryl methyl sites for hydroxylation is 1. The second-order valence-electron chi connectivity index (χ2n) is 12.7. The minimum atomic E-state index is -4.44. The highest BCUT2D eigenvalue weighted by Gasteiger charge is 2.60. The average Bonchev–Trinajstić information content (AvgIpc) is 3.35. The lowest BCUT2D eigenvalue weighted by atomic mass is 9.83. The molecule has 2 fully saturated rings. The summed E-state index contributed by atoms with van der Waals surface area (Å²) in [7, 11) is 0.771. The van der Waals surface area contributed by atoms with Gasteiger partial charge in [-0.2, -0.15) is 4.31 Å². The molecule has 50 heavy (non-hydrogen) atoms. The maximum Gasteiger partial charge on any atom is 0.411 e. The number of benzene rings is 3. The molecule has 1 unspecified atom stereocenters. The number of carbonyl (C=O) groups is 2. The van der Waals surface area contributed by atoms with Crippen LogP contribution in [-0.2, 0) is 36.3 Å². The van der Waals surface area contributed by atoms with Crippen molar-refractivity contribution in [2.24, 2.45) is 0 Å².